The van der Waals surface area contributed by atoms with Crippen LogP contribution in [0.4, 0.5) is 0 Å². The van der Waals surface area contributed by atoms with Crippen LogP contribution in [0, 0.1) is 0 Å². The molecule has 0 bridgehead atoms. The number of rotatable bonds is 9. The summed E-state index contributed by atoms with van der Waals surface area (Å²) in [5.74, 6) is -1.63. The van der Waals surface area contributed by atoms with E-state index in [4.69, 9.17) is 17.2 Å². The Hall–Kier alpha value is -2.32. The minimum absolute atomic E-state index is 0.0391. The van der Waals surface area contributed by atoms with Crippen LogP contribution in [-0.4, -0.2) is 43.4 Å². The number of nitrogens with two attached hydrogens (primary N) is 3. The van der Waals surface area contributed by atoms with E-state index in [-0.39, 0.29) is 18.8 Å². The van der Waals surface area contributed by atoms with Crippen LogP contribution < -0.4 is 22.5 Å². The van der Waals surface area contributed by atoms with E-state index in [1.807, 2.05) is 0 Å². The molecule has 0 spiro atoms. The van der Waals surface area contributed by atoms with Gasteiger partial charge in [-0.2, -0.15) is 0 Å². The van der Waals surface area contributed by atoms with Gasteiger partial charge in [0.15, 0.2) is 5.96 Å². The monoisotopic (exact) mass is 287 g/mol. The molecule has 0 saturated heterocycles. The number of esters is 1. The van der Waals surface area contributed by atoms with Crippen molar-refractivity contribution in [3.63, 3.8) is 0 Å². The van der Waals surface area contributed by atoms with Gasteiger partial charge in [0.25, 0.3) is 0 Å². The van der Waals surface area contributed by atoms with Crippen molar-refractivity contribution in [2.24, 2.45) is 22.2 Å². The van der Waals surface area contributed by atoms with Gasteiger partial charge in [-0.15, -0.1) is 0 Å². The minimum Gasteiger partial charge on any atom is -0.469 e. The van der Waals surface area contributed by atoms with Crippen molar-refractivity contribution in [2.45, 2.75) is 31.7 Å². The predicted molar refractivity (Wildman–Crippen MR) is 72.3 cm³/mol. The molecule has 0 saturated carbocycles. The predicted octanol–water partition coefficient (Wildman–Crippen LogP) is -2.04. The maximum Gasteiger partial charge on any atom is 0.306 e. The number of carbonyl (C=O) groups is 3. The van der Waals surface area contributed by atoms with Gasteiger partial charge in [-0.25, -0.2) is 0 Å². The third-order valence-electron chi connectivity index (χ3n) is 2.41. The lowest BCUT2D eigenvalue weighted by Gasteiger charge is -2.14. The lowest BCUT2D eigenvalue weighted by atomic mass is 10.1. The molecular formula is C11H21N5O4. The molecule has 7 N–H and O–H groups in total. The van der Waals surface area contributed by atoms with Gasteiger partial charge < -0.3 is 27.3 Å². The van der Waals surface area contributed by atoms with Gasteiger partial charge in [0.2, 0.25) is 11.8 Å². The van der Waals surface area contributed by atoms with Crippen molar-refractivity contribution in [1.29, 1.82) is 0 Å². The molecule has 9 heteroatoms. The molecule has 1 atom stereocenters. The molecule has 0 heterocycles. The summed E-state index contributed by atoms with van der Waals surface area (Å²) < 4.78 is 4.41. The van der Waals surface area contributed by atoms with Crippen LogP contribution in [-0.2, 0) is 19.1 Å². The number of aliphatic imine (C=N–C) groups is 1. The van der Waals surface area contributed by atoms with Gasteiger partial charge in [-0.3, -0.25) is 19.4 Å². The number of guanidine groups is 1. The van der Waals surface area contributed by atoms with E-state index in [9.17, 15) is 14.4 Å². The molecule has 0 radical (unpaired) electrons. The second-order valence-electron chi connectivity index (χ2n) is 4.05. The van der Waals surface area contributed by atoms with Crippen LogP contribution in [0.3, 0.4) is 0 Å². The second-order valence-corrected chi connectivity index (χ2v) is 4.05. The molecule has 0 aromatic rings. The fourth-order valence-electron chi connectivity index (χ4n) is 1.37. The molecule has 0 aliphatic carbocycles. The molecule has 0 aromatic carbocycles. The number of hydrogen-bond donors (Lipinski definition) is 4. The van der Waals surface area contributed by atoms with Gasteiger partial charge in [0.05, 0.1) is 13.5 Å². The molecule has 114 valence electrons. The average Bonchev–Trinajstić information content (AvgIpc) is 2.38. The number of primary amides is 1. The quantitative estimate of drug-likeness (QED) is 0.165. The molecule has 0 rings (SSSR count). The first kappa shape index (κ1) is 17.7. The zero-order valence-electron chi connectivity index (χ0n) is 11.4. The number of hydrogen-bond acceptors (Lipinski definition) is 5. The molecule has 0 unspecified atom stereocenters. The van der Waals surface area contributed by atoms with E-state index in [0.29, 0.717) is 19.4 Å². The largest absolute Gasteiger partial charge is 0.469 e. The minimum atomic E-state index is -0.811. The van der Waals surface area contributed by atoms with Crippen molar-refractivity contribution in [2.75, 3.05) is 13.7 Å². The van der Waals surface area contributed by atoms with Crippen LogP contribution in [0.1, 0.15) is 25.7 Å². The molecule has 2 amide bonds. The smallest absolute Gasteiger partial charge is 0.306 e. The molecule has 0 aliphatic heterocycles. The molecular weight excluding hydrogens is 266 g/mol. The van der Waals surface area contributed by atoms with E-state index in [0.717, 1.165) is 0 Å². The van der Waals surface area contributed by atoms with E-state index < -0.39 is 23.8 Å². The summed E-state index contributed by atoms with van der Waals surface area (Å²) in [5, 5.41) is 2.45. The summed E-state index contributed by atoms with van der Waals surface area (Å²) >= 11 is 0. The maximum absolute atomic E-state index is 11.5. The van der Waals surface area contributed by atoms with E-state index >= 15 is 0 Å². The molecule has 0 fully saturated rings. The Morgan fingerprint density at radius 2 is 1.85 bits per heavy atom. The summed E-state index contributed by atoms with van der Waals surface area (Å²) in [5.41, 5.74) is 15.5. The summed E-state index contributed by atoms with van der Waals surface area (Å²) in [6, 6.07) is -0.811. The Kier molecular flexibility index (Phi) is 8.48. The van der Waals surface area contributed by atoms with Gasteiger partial charge in [0, 0.05) is 13.0 Å². The number of nitrogens with one attached hydrogen (secondary N) is 1. The summed E-state index contributed by atoms with van der Waals surface area (Å²) in [6.07, 6.45) is 0.686. The van der Waals surface area contributed by atoms with Gasteiger partial charge in [0.1, 0.15) is 6.04 Å². The Balaban J connectivity index is 4.13. The highest BCUT2D eigenvalue weighted by atomic mass is 16.5. The van der Waals surface area contributed by atoms with Gasteiger partial charge >= 0.3 is 5.97 Å². The van der Waals surface area contributed by atoms with Crippen molar-refractivity contribution >= 4 is 23.7 Å². The average molecular weight is 287 g/mol. The highest BCUT2D eigenvalue weighted by molar-refractivity contribution is 5.87. The standard InChI is InChI=1S/C11H21N5O4/c1-20-9(18)5-4-8(17)16-7(10(12)19)3-2-6-15-11(13)14/h7H,2-6H2,1H3,(H2,12,19)(H,16,17)(H4,13,14,15)/t7-/m0/s1. The zero-order valence-corrected chi connectivity index (χ0v) is 11.4. The number of nitrogens with zero attached hydrogens (tertiary/aromatic N) is 1. The topological polar surface area (TPSA) is 163 Å². The Morgan fingerprint density at radius 3 is 2.35 bits per heavy atom. The van der Waals surface area contributed by atoms with Gasteiger partial charge in [-0.1, -0.05) is 0 Å². The highest BCUT2D eigenvalue weighted by Gasteiger charge is 2.18. The Bertz CT molecular complexity index is 379. The normalized spacial score (nSPS) is 11.2. The first-order valence-corrected chi connectivity index (χ1v) is 6.07. The molecule has 9 nitrogen and oxygen atoms in total. The van der Waals surface area contributed by atoms with Crippen LogP contribution in [0.2, 0.25) is 0 Å². The number of carbonyl (C=O) groups excluding carboxylic acids is 3. The number of ether oxygens (including phenoxy) is 1. The van der Waals surface area contributed by atoms with Crippen molar-refractivity contribution in [3.8, 4) is 0 Å². The van der Waals surface area contributed by atoms with Gasteiger partial charge in [-0.05, 0) is 12.8 Å². The van der Waals surface area contributed by atoms with Crippen molar-refractivity contribution < 1.29 is 19.1 Å². The van der Waals surface area contributed by atoms with E-state index in [2.05, 4.69) is 15.0 Å². The summed E-state index contributed by atoms with van der Waals surface area (Å²) in [7, 11) is 1.23. The molecule has 0 aromatic heterocycles. The first-order valence-electron chi connectivity index (χ1n) is 6.07. The van der Waals surface area contributed by atoms with E-state index in [1.54, 1.807) is 0 Å². The lowest BCUT2D eigenvalue weighted by Crippen LogP contribution is -2.44. The fourth-order valence-corrected chi connectivity index (χ4v) is 1.37. The van der Waals surface area contributed by atoms with Crippen molar-refractivity contribution in [3.05, 3.63) is 0 Å². The number of methoxy groups -OCH3 is 1. The zero-order chi connectivity index (χ0) is 15.5. The third kappa shape index (κ3) is 8.72. The van der Waals surface area contributed by atoms with Crippen molar-refractivity contribution in [1.82, 2.24) is 5.32 Å². The summed E-state index contributed by atoms with van der Waals surface area (Å²) in [4.78, 5) is 37.3. The Labute approximate surface area is 116 Å². The lowest BCUT2D eigenvalue weighted by molar-refractivity contribution is -0.142. The van der Waals surface area contributed by atoms with Crippen LogP contribution >= 0.6 is 0 Å². The second kappa shape index (κ2) is 9.59. The highest BCUT2D eigenvalue weighted by Crippen LogP contribution is 2.00. The SMILES string of the molecule is COC(=O)CCC(=O)N[C@@H](CCCN=C(N)N)C(N)=O. The van der Waals surface area contributed by atoms with E-state index in [1.165, 1.54) is 7.11 Å². The molecule has 0 aliphatic rings. The molecule has 20 heavy (non-hydrogen) atoms. The van der Waals surface area contributed by atoms with Crippen LogP contribution in [0.25, 0.3) is 0 Å². The maximum atomic E-state index is 11.5. The van der Waals surface area contributed by atoms with Crippen LogP contribution in [0.5, 0.6) is 0 Å². The number of amides is 2. The Morgan fingerprint density at radius 1 is 1.20 bits per heavy atom. The summed E-state index contributed by atoms with van der Waals surface area (Å²) in [6.45, 7) is 0.337. The third-order valence-corrected chi connectivity index (χ3v) is 2.41. The van der Waals surface area contributed by atoms with Crippen LogP contribution in [0.15, 0.2) is 4.99 Å². The first-order chi connectivity index (χ1) is 9.36. The fraction of sp³-hybridized carbons (Fsp3) is 0.636.